The van der Waals surface area contributed by atoms with Crippen molar-refractivity contribution in [3.05, 3.63) is 99.6 Å². The third-order valence-corrected chi connectivity index (χ3v) is 5.21. The summed E-state index contributed by atoms with van der Waals surface area (Å²) in [5.41, 5.74) is 3.82. The molecule has 0 N–H and O–H groups in total. The van der Waals surface area contributed by atoms with Gasteiger partial charge in [0.2, 0.25) is 5.88 Å². The largest absolute Gasteiger partial charge is 0.497 e. The first-order chi connectivity index (χ1) is 16.0. The highest BCUT2D eigenvalue weighted by Crippen LogP contribution is 2.42. The van der Waals surface area contributed by atoms with Crippen LogP contribution < -0.4 is 4.74 Å². The van der Waals surface area contributed by atoms with Crippen molar-refractivity contribution in [2.24, 2.45) is 4.99 Å². The van der Waals surface area contributed by atoms with Crippen LogP contribution in [-0.2, 0) is 0 Å². The summed E-state index contributed by atoms with van der Waals surface area (Å²) in [6, 6.07) is 23.6. The van der Waals surface area contributed by atoms with E-state index in [-0.39, 0.29) is 17.1 Å². The molecular weight excluding hydrogens is 418 g/mol. The molecule has 0 spiro atoms. The molecule has 7 heteroatoms. The van der Waals surface area contributed by atoms with Gasteiger partial charge in [0.15, 0.2) is 0 Å². The molecular formula is C26H19N3O4. The van der Waals surface area contributed by atoms with Gasteiger partial charge < -0.3 is 9.15 Å². The molecule has 0 aliphatic heterocycles. The Morgan fingerprint density at radius 2 is 1.79 bits per heavy atom. The number of aryl methyl sites for hydroxylation is 1. The molecule has 4 rings (SSSR count). The highest BCUT2D eigenvalue weighted by atomic mass is 16.6. The number of nitrogens with zero attached hydrogens (tertiary/aromatic N) is 3. The third-order valence-electron chi connectivity index (χ3n) is 5.21. The number of hydrogen-bond donors (Lipinski definition) is 0. The van der Waals surface area contributed by atoms with E-state index in [9.17, 15) is 15.4 Å². The summed E-state index contributed by atoms with van der Waals surface area (Å²) < 4.78 is 11.3. The minimum atomic E-state index is -0.459. The molecule has 7 nitrogen and oxygen atoms in total. The van der Waals surface area contributed by atoms with Gasteiger partial charge in [-0.1, -0.05) is 48.5 Å². The minimum Gasteiger partial charge on any atom is -0.497 e. The second-order valence-corrected chi connectivity index (χ2v) is 7.25. The summed E-state index contributed by atoms with van der Waals surface area (Å²) in [6.07, 6.45) is 1.48. The number of aliphatic imine (C=N–C) groups is 1. The lowest BCUT2D eigenvalue weighted by Crippen LogP contribution is -1.92. The Kier molecular flexibility index (Phi) is 6.00. The van der Waals surface area contributed by atoms with Crippen molar-refractivity contribution in [3.63, 3.8) is 0 Å². The van der Waals surface area contributed by atoms with Crippen LogP contribution >= 0.6 is 0 Å². The third kappa shape index (κ3) is 4.36. The summed E-state index contributed by atoms with van der Waals surface area (Å²) >= 11 is 0. The molecule has 3 aromatic carbocycles. The molecule has 0 saturated carbocycles. The van der Waals surface area contributed by atoms with Crippen LogP contribution in [0, 0.1) is 28.4 Å². The SMILES string of the molecule is COc1ccc(-c2c(-c3ccccc3)oc(N=Cc3cc([N+](=O)[O-])ccc3C)c2C#N)cc1. The molecule has 0 bridgehead atoms. The Bertz CT molecular complexity index is 1380. The number of furan rings is 1. The van der Waals surface area contributed by atoms with Gasteiger partial charge in [-0.05, 0) is 30.2 Å². The maximum absolute atomic E-state index is 11.1. The van der Waals surface area contributed by atoms with E-state index >= 15 is 0 Å². The molecule has 1 heterocycles. The van der Waals surface area contributed by atoms with E-state index in [1.165, 1.54) is 18.3 Å². The molecule has 33 heavy (non-hydrogen) atoms. The van der Waals surface area contributed by atoms with Gasteiger partial charge in [-0.25, -0.2) is 4.99 Å². The molecule has 0 amide bonds. The molecule has 0 fully saturated rings. The van der Waals surface area contributed by atoms with Crippen LogP contribution in [0.2, 0.25) is 0 Å². The molecule has 1 aromatic heterocycles. The topological polar surface area (TPSA) is 102 Å². The Balaban J connectivity index is 1.87. The van der Waals surface area contributed by atoms with Gasteiger partial charge in [-0.2, -0.15) is 5.26 Å². The highest BCUT2D eigenvalue weighted by molar-refractivity contribution is 5.90. The molecule has 0 atom stereocenters. The van der Waals surface area contributed by atoms with Crippen molar-refractivity contribution < 1.29 is 14.1 Å². The van der Waals surface area contributed by atoms with E-state index in [1.807, 2.05) is 61.5 Å². The van der Waals surface area contributed by atoms with E-state index in [4.69, 9.17) is 9.15 Å². The minimum absolute atomic E-state index is 0.0362. The quantitative estimate of drug-likeness (QED) is 0.196. The van der Waals surface area contributed by atoms with E-state index in [2.05, 4.69) is 11.1 Å². The maximum atomic E-state index is 11.1. The number of nitriles is 1. The van der Waals surface area contributed by atoms with Gasteiger partial charge in [0.25, 0.3) is 5.69 Å². The average molecular weight is 437 g/mol. The van der Waals surface area contributed by atoms with Crippen LogP contribution in [0.15, 0.2) is 82.2 Å². The van der Waals surface area contributed by atoms with Gasteiger partial charge in [-0.3, -0.25) is 10.1 Å². The van der Waals surface area contributed by atoms with Crippen molar-refractivity contribution in [2.45, 2.75) is 6.92 Å². The zero-order valence-corrected chi connectivity index (χ0v) is 18.0. The molecule has 4 aromatic rings. The Labute approximate surface area is 190 Å². The molecule has 0 saturated heterocycles. The Hall–Kier alpha value is -4.70. The predicted molar refractivity (Wildman–Crippen MR) is 126 cm³/mol. The van der Waals surface area contributed by atoms with Crippen molar-refractivity contribution in [3.8, 4) is 34.3 Å². The van der Waals surface area contributed by atoms with Gasteiger partial charge in [0.05, 0.1) is 12.0 Å². The summed E-state index contributed by atoms with van der Waals surface area (Å²) in [7, 11) is 1.59. The zero-order chi connectivity index (χ0) is 23.4. The smallest absolute Gasteiger partial charge is 0.270 e. The van der Waals surface area contributed by atoms with Gasteiger partial charge in [-0.15, -0.1) is 0 Å². The van der Waals surface area contributed by atoms with Crippen molar-refractivity contribution in [1.82, 2.24) is 0 Å². The van der Waals surface area contributed by atoms with Crippen LogP contribution in [0.3, 0.4) is 0 Å². The molecule has 0 radical (unpaired) electrons. The first-order valence-corrected chi connectivity index (χ1v) is 10.1. The van der Waals surface area contributed by atoms with Crippen LogP contribution in [0.1, 0.15) is 16.7 Å². The predicted octanol–water partition coefficient (Wildman–Crippen LogP) is 6.46. The number of methoxy groups -OCH3 is 1. The number of hydrogen-bond acceptors (Lipinski definition) is 6. The molecule has 0 unspecified atom stereocenters. The van der Waals surface area contributed by atoms with Crippen LogP contribution in [0.5, 0.6) is 5.75 Å². The van der Waals surface area contributed by atoms with Gasteiger partial charge >= 0.3 is 0 Å². The lowest BCUT2D eigenvalue weighted by atomic mass is 9.98. The fraction of sp³-hybridized carbons (Fsp3) is 0.0769. The maximum Gasteiger partial charge on any atom is 0.270 e. The molecule has 0 aliphatic rings. The Morgan fingerprint density at radius 3 is 2.42 bits per heavy atom. The lowest BCUT2D eigenvalue weighted by molar-refractivity contribution is -0.384. The van der Waals surface area contributed by atoms with E-state index < -0.39 is 4.92 Å². The summed E-state index contributed by atoms with van der Waals surface area (Å²) in [5.74, 6) is 1.34. The average Bonchev–Trinajstić information content (AvgIpc) is 3.22. The fourth-order valence-corrected chi connectivity index (χ4v) is 3.45. The fourth-order valence-electron chi connectivity index (χ4n) is 3.45. The monoisotopic (exact) mass is 437 g/mol. The Morgan fingerprint density at radius 1 is 1.06 bits per heavy atom. The van der Waals surface area contributed by atoms with Crippen LogP contribution in [0.4, 0.5) is 11.6 Å². The summed E-state index contributed by atoms with van der Waals surface area (Å²) in [6.45, 7) is 1.83. The molecule has 162 valence electrons. The first kappa shape index (κ1) is 21.5. The van der Waals surface area contributed by atoms with Crippen LogP contribution in [-0.4, -0.2) is 18.2 Å². The highest BCUT2D eigenvalue weighted by Gasteiger charge is 2.23. The number of benzene rings is 3. The number of non-ortho nitro benzene ring substituents is 1. The second-order valence-electron chi connectivity index (χ2n) is 7.25. The first-order valence-electron chi connectivity index (χ1n) is 10.1. The number of nitro benzene ring substituents is 1. The standard InChI is InChI=1S/C26H19N3O4/c1-17-8-11-21(29(30)31)14-20(17)16-28-26-23(15-27)24(18-9-12-22(32-2)13-10-18)25(33-26)19-6-4-3-5-7-19/h3-14,16H,1-2H3. The van der Waals surface area contributed by atoms with E-state index in [0.717, 1.165) is 16.7 Å². The van der Waals surface area contributed by atoms with Gasteiger partial charge in [0.1, 0.15) is 23.1 Å². The number of rotatable bonds is 6. The zero-order valence-electron chi connectivity index (χ0n) is 18.0. The van der Waals surface area contributed by atoms with E-state index in [1.54, 1.807) is 13.2 Å². The van der Waals surface area contributed by atoms with E-state index in [0.29, 0.717) is 22.6 Å². The van der Waals surface area contributed by atoms with Gasteiger partial charge in [0, 0.05) is 35.0 Å². The number of ether oxygens (including phenoxy) is 1. The summed E-state index contributed by atoms with van der Waals surface area (Å²) in [5, 5.41) is 21.1. The normalized spacial score (nSPS) is 10.8. The summed E-state index contributed by atoms with van der Waals surface area (Å²) in [4.78, 5) is 15.1. The van der Waals surface area contributed by atoms with Crippen molar-refractivity contribution in [1.29, 1.82) is 5.26 Å². The lowest BCUT2D eigenvalue weighted by Gasteiger charge is -2.05. The van der Waals surface area contributed by atoms with Crippen LogP contribution in [0.25, 0.3) is 22.5 Å². The number of nitro groups is 1. The van der Waals surface area contributed by atoms with Crippen molar-refractivity contribution >= 4 is 17.8 Å². The second kappa shape index (κ2) is 9.20. The molecule has 0 aliphatic carbocycles. The van der Waals surface area contributed by atoms with Crippen molar-refractivity contribution in [2.75, 3.05) is 7.11 Å².